The second-order valence-corrected chi connectivity index (χ2v) is 9.70. The zero-order valence-corrected chi connectivity index (χ0v) is 23.4. The summed E-state index contributed by atoms with van der Waals surface area (Å²) in [6, 6.07) is 13.9. The van der Waals surface area contributed by atoms with E-state index in [-0.39, 0.29) is 5.91 Å². The Balaban J connectivity index is 1.73. The van der Waals surface area contributed by atoms with E-state index in [4.69, 9.17) is 9.72 Å². The zero-order valence-electron chi connectivity index (χ0n) is 23.4. The molecule has 9 heteroatoms. The topological polar surface area (TPSA) is 87.5 Å². The van der Waals surface area contributed by atoms with Crippen LogP contribution in [0.2, 0.25) is 0 Å². The Bertz CT molecular complexity index is 1460. The Morgan fingerprint density at radius 2 is 1.95 bits per heavy atom. The van der Waals surface area contributed by atoms with Crippen molar-refractivity contribution in [2.75, 3.05) is 56.4 Å². The van der Waals surface area contributed by atoms with Crippen LogP contribution in [0.15, 0.2) is 67.5 Å². The van der Waals surface area contributed by atoms with Crippen molar-refractivity contribution < 1.29 is 9.53 Å². The number of ether oxygens (including phenoxy) is 1. The van der Waals surface area contributed by atoms with Crippen molar-refractivity contribution in [2.24, 2.45) is 7.05 Å². The summed E-state index contributed by atoms with van der Waals surface area (Å²) in [4.78, 5) is 25.9. The van der Waals surface area contributed by atoms with Crippen LogP contribution >= 0.6 is 0 Å². The third-order valence-corrected chi connectivity index (χ3v) is 6.33. The number of rotatable bonds is 12. The fourth-order valence-corrected chi connectivity index (χ4v) is 4.38. The number of fused-ring (bicyclic) bond motifs is 1. The molecule has 0 radical (unpaired) electrons. The third kappa shape index (κ3) is 6.56. The Morgan fingerprint density at radius 3 is 2.69 bits per heavy atom. The predicted octanol–water partition coefficient (Wildman–Crippen LogP) is 5.29. The minimum atomic E-state index is -0.301. The zero-order chi connectivity index (χ0) is 27.9. The van der Waals surface area contributed by atoms with Crippen LogP contribution in [0.3, 0.4) is 0 Å². The summed E-state index contributed by atoms with van der Waals surface area (Å²) in [7, 11) is 8.08. The number of para-hydroxylation sites is 1. The van der Waals surface area contributed by atoms with Crippen LogP contribution < -0.4 is 20.3 Å². The van der Waals surface area contributed by atoms with E-state index in [9.17, 15) is 4.79 Å². The lowest BCUT2D eigenvalue weighted by Crippen LogP contribution is -2.29. The van der Waals surface area contributed by atoms with Crippen molar-refractivity contribution in [1.29, 1.82) is 0 Å². The average molecular weight is 528 g/mol. The summed E-state index contributed by atoms with van der Waals surface area (Å²) >= 11 is 0. The van der Waals surface area contributed by atoms with Crippen LogP contribution in [0.5, 0.6) is 5.75 Å². The van der Waals surface area contributed by atoms with E-state index in [0.717, 1.165) is 47.4 Å². The molecule has 2 heterocycles. The number of amides is 1. The number of benzene rings is 2. The van der Waals surface area contributed by atoms with Gasteiger partial charge in [0.1, 0.15) is 11.4 Å². The monoisotopic (exact) mass is 527 g/mol. The van der Waals surface area contributed by atoms with Crippen LogP contribution in [-0.2, 0) is 11.8 Å². The number of carbonyl (C=O) groups excluding carboxylic acids is 1. The van der Waals surface area contributed by atoms with Crippen molar-refractivity contribution >= 4 is 39.8 Å². The molecule has 0 atom stereocenters. The summed E-state index contributed by atoms with van der Waals surface area (Å²) < 4.78 is 8.27. The standard InChI is InChI=1S/C30H37N7O2/c1-7-17-39-27-19-21(18-25(33-28(38)8-2)29(27)36(5)16-15-35(3)4)32-30-31-14-13-24(34-30)23-20-37(6)26-12-10-9-11-22(23)26/h8-14,18-20H,2,7,15-17H2,1,3-6H3,(H,33,38)(H,31,32,34). The van der Waals surface area contributed by atoms with Gasteiger partial charge in [-0.05, 0) is 44.8 Å². The van der Waals surface area contributed by atoms with E-state index < -0.39 is 0 Å². The molecule has 0 bridgehead atoms. The number of carbonyl (C=O) groups is 1. The lowest BCUT2D eigenvalue weighted by Gasteiger charge is -2.27. The van der Waals surface area contributed by atoms with E-state index in [0.29, 0.717) is 29.7 Å². The number of anilines is 4. The molecule has 0 saturated carbocycles. The molecular formula is C30H37N7O2. The molecule has 2 aromatic heterocycles. The van der Waals surface area contributed by atoms with E-state index >= 15 is 0 Å². The SMILES string of the molecule is C=CC(=O)Nc1cc(Nc2nccc(-c3cn(C)c4ccccc34)n2)cc(OCCC)c1N(C)CCN(C)C. The largest absolute Gasteiger partial charge is 0.491 e. The van der Waals surface area contributed by atoms with Gasteiger partial charge >= 0.3 is 0 Å². The highest BCUT2D eigenvalue weighted by Crippen LogP contribution is 2.40. The van der Waals surface area contributed by atoms with Crippen LogP contribution in [0, 0.1) is 0 Å². The van der Waals surface area contributed by atoms with Crippen molar-refractivity contribution in [3.8, 4) is 17.0 Å². The van der Waals surface area contributed by atoms with Gasteiger partial charge in [-0.2, -0.15) is 0 Å². The van der Waals surface area contributed by atoms with Gasteiger partial charge in [-0.25, -0.2) is 9.97 Å². The van der Waals surface area contributed by atoms with Gasteiger partial charge in [0.05, 0.1) is 18.0 Å². The smallest absolute Gasteiger partial charge is 0.247 e. The van der Waals surface area contributed by atoms with Crippen molar-refractivity contribution in [3.63, 3.8) is 0 Å². The molecule has 0 spiro atoms. The highest BCUT2D eigenvalue weighted by Gasteiger charge is 2.19. The number of nitrogens with zero attached hydrogens (tertiary/aromatic N) is 5. The molecule has 0 aliphatic rings. The summed E-state index contributed by atoms with van der Waals surface area (Å²) in [5, 5.41) is 7.40. The lowest BCUT2D eigenvalue weighted by atomic mass is 10.1. The molecule has 2 aromatic carbocycles. The quantitative estimate of drug-likeness (QED) is 0.242. The Labute approximate surface area is 230 Å². The van der Waals surface area contributed by atoms with Gasteiger partial charge in [0, 0.05) is 67.8 Å². The number of hydrogen-bond donors (Lipinski definition) is 2. The highest BCUT2D eigenvalue weighted by molar-refractivity contribution is 6.02. The maximum absolute atomic E-state index is 12.4. The number of aromatic nitrogens is 3. The fourth-order valence-electron chi connectivity index (χ4n) is 4.38. The second kappa shape index (κ2) is 12.4. The normalized spacial score (nSPS) is 11.0. The Kier molecular flexibility index (Phi) is 8.83. The fraction of sp³-hybridized carbons (Fsp3) is 0.300. The van der Waals surface area contributed by atoms with Gasteiger partial charge in [0.15, 0.2) is 0 Å². The molecule has 0 aliphatic heterocycles. The molecule has 4 aromatic rings. The maximum atomic E-state index is 12.4. The summed E-state index contributed by atoms with van der Waals surface area (Å²) in [6.07, 6.45) is 5.93. The first-order valence-corrected chi connectivity index (χ1v) is 13.0. The number of hydrogen-bond acceptors (Lipinski definition) is 7. The average Bonchev–Trinajstić information content (AvgIpc) is 3.27. The minimum absolute atomic E-state index is 0.301. The molecule has 39 heavy (non-hydrogen) atoms. The number of likely N-dealkylation sites (N-methyl/N-ethyl adjacent to an activating group) is 2. The van der Waals surface area contributed by atoms with Crippen molar-refractivity contribution in [2.45, 2.75) is 13.3 Å². The van der Waals surface area contributed by atoms with Crippen LogP contribution in [0.1, 0.15) is 13.3 Å². The van der Waals surface area contributed by atoms with Crippen LogP contribution in [-0.4, -0.2) is 66.2 Å². The van der Waals surface area contributed by atoms with Gasteiger partial charge in [0.2, 0.25) is 11.9 Å². The summed E-state index contributed by atoms with van der Waals surface area (Å²) in [5.74, 6) is 0.800. The molecule has 4 rings (SSSR count). The van der Waals surface area contributed by atoms with Crippen molar-refractivity contribution in [1.82, 2.24) is 19.4 Å². The number of nitrogens with one attached hydrogen (secondary N) is 2. The van der Waals surface area contributed by atoms with E-state index in [1.807, 2.05) is 58.5 Å². The van der Waals surface area contributed by atoms with Gasteiger partial charge in [-0.1, -0.05) is 31.7 Å². The van der Waals surface area contributed by atoms with E-state index in [1.165, 1.54) is 6.08 Å². The highest BCUT2D eigenvalue weighted by atomic mass is 16.5. The maximum Gasteiger partial charge on any atom is 0.247 e. The van der Waals surface area contributed by atoms with Gasteiger partial charge < -0.3 is 29.7 Å². The van der Waals surface area contributed by atoms with E-state index in [2.05, 4.69) is 61.8 Å². The molecule has 0 aliphatic carbocycles. The summed E-state index contributed by atoms with van der Waals surface area (Å²) in [5.41, 5.74) is 5.09. The van der Waals surface area contributed by atoms with Crippen molar-refractivity contribution in [3.05, 3.63) is 67.5 Å². The molecule has 2 N–H and O–H groups in total. The van der Waals surface area contributed by atoms with Gasteiger partial charge in [-0.15, -0.1) is 0 Å². The molecule has 204 valence electrons. The molecule has 0 saturated heterocycles. The van der Waals surface area contributed by atoms with E-state index in [1.54, 1.807) is 6.20 Å². The van der Waals surface area contributed by atoms with Crippen LogP contribution in [0.25, 0.3) is 22.2 Å². The minimum Gasteiger partial charge on any atom is -0.491 e. The van der Waals surface area contributed by atoms with Gasteiger partial charge in [-0.3, -0.25) is 4.79 Å². The third-order valence-electron chi connectivity index (χ3n) is 6.33. The summed E-state index contributed by atoms with van der Waals surface area (Å²) in [6.45, 7) is 7.80. The molecule has 0 unspecified atom stereocenters. The lowest BCUT2D eigenvalue weighted by molar-refractivity contribution is -0.111. The van der Waals surface area contributed by atoms with Gasteiger partial charge in [0.25, 0.3) is 0 Å². The number of aryl methyl sites for hydroxylation is 1. The predicted molar refractivity (Wildman–Crippen MR) is 160 cm³/mol. The molecule has 9 nitrogen and oxygen atoms in total. The Hall–Kier alpha value is -4.37. The molecular weight excluding hydrogens is 490 g/mol. The first-order chi connectivity index (χ1) is 18.8. The second-order valence-electron chi connectivity index (χ2n) is 9.70. The Morgan fingerprint density at radius 1 is 1.15 bits per heavy atom. The first-order valence-electron chi connectivity index (χ1n) is 13.0. The molecule has 1 amide bonds. The van der Waals surface area contributed by atoms with Crippen LogP contribution in [0.4, 0.5) is 23.0 Å². The molecule has 0 fully saturated rings. The first kappa shape index (κ1) is 27.7.